The number of aliphatic hydroxyl groups is 2. The Labute approximate surface area is 108 Å². The van der Waals surface area contributed by atoms with Crippen LogP contribution in [0, 0.1) is 0 Å². The first kappa shape index (κ1) is 16.8. The predicted molar refractivity (Wildman–Crippen MR) is 71.5 cm³/mol. The van der Waals surface area contributed by atoms with Gasteiger partial charge in [-0.25, -0.2) is 0 Å². The summed E-state index contributed by atoms with van der Waals surface area (Å²) in [6.45, 7) is 4.02. The van der Waals surface area contributed by atoms with E-state index in [1.807, 2.05) is 0 Å². The van der Waals surface area contributed by atoms with E-state index in [1.165, 1.54) is 0 Å². The first-order valence-corrected chi connectivity index (χ1v) is 6.76. The lowest BCUT2D eigenvalue weighted by molar-refractivity contribution is 0.108. The maximum Gasteiger partial charge on any atom is 0.110 e. The van der Waals surface area contributed by atoms with Crippen molar-refractivity contribution in [3.05, 3.63) is 0 Å². The van der Waals surface area contributed by atoms with E-state index >= 15 is 0 Å². The zero-order valence-corrected chi connectivity index (χ0v) is 12.4. The molecule has 0 amide bonds. The van der Waals surface area contributed by atoms with Crippen molar-refractivity contribution in [2.75, 3.05) is 13.2 Å². The first-order valence-electron chi connectivity index (χ1n) is 4.27. The third-order valence-electron chi connectivity index (χ3n) is 1.04. The molecule has 0 aromatic heterocycles. The van der Waals surface area contributed by atoms with Gasteiger partial charge < -0.3 is 14.9 Å². The van der Waals surface area contributed by atoms with Gasteiger partial charge in [0.2, 0.25) is 0 Å². The minimum atomic E-state index is -0.125. The van der Waals surface area contributed by atoms with Gasteiger partial charge in [0.15, 0.2) is 0 Å². The number of alkyl halides is 2. The molecule has 3 nitrogen and oxygen atoms in total. The second-order valence-corrected chi connectivity index (χ2v) is 5.00. The number of hydrogen-bond donors (Lipinski definition) is 2. The maximum atomic E-state index is 7.62. The van der Waals surface area contributed by atoms with Crippen molar-refractivity contribution >= 4 is 45.2 Å². The van der Waals surface area contributed by atoms with Crippen molar-refractivity contribution < 1.29 is 14.9 Å². The molecule has 0 aromatic rings. The summed E-state index contributed by atoms with van der Waals surface area (Å²) in [6.07, 6.45) is 2.19. The molecule has 2 N–H and O–H groups in total. The smallest absolute Gasteiger partial charge is 0.110 e. The van der Waals surface area contributed by atoms with E-state index in [0.717, 1.165) is 12.8 Å². The molecule has 82 valence electrons. The number of rotatable bonds is 5. The van der Waals surface area contributed by atoms with Gasteiger partial charge >= 0.3 is 0 Å². The summed E-state index contributed by atoms with van der Waals surface area (Å²) in [5.41, 5.74) is 0. The monoisotopic (exact) mass is 416 g/mol. The molecule has 0 saturated heterocycles. The summed E-state index contributed by atoms with van der Waals surface area (Å²) in [7, 11) is 0. The molecule has 0 aromatic carbocycles. The van der Waals surface area contributed by atoms with Crippen LogP contribution in [0.15, 0.2) is 0 Å². The van der Waals surface area contributed by atoms with Gasteiger partial charge in [0.05, 0.1) is 13.2 Å². The number of aliphatic hydroxyl groups excluding tert-OH is 2. The lowest BCUT2D eigenvalue weighted by Gasteiger charge is -2.12. The van der Waals surface area contributed by atoms with Gasteiger partial charge in [-0.15, -0.1) is 0 Å². The molecule has 0 radical (unpaired) electrons. The van der Waals surface area contributed by atoms with Crippen molar-refractivity contribution in [3.8, 4) is 0 Å². The van der Waals surface area contributed by atoms with Crippen molar-refractivity contribution in [2.24, 2.45) is 0 Å². The van der Waals surface area contributed by atoms with E-state index in [1.54, 1.807) is 0 Å². The van der Waals surface area contributed by atoms with Crippen LogP contribution in [0.5, 0.6) is 0 Å². The number of halogens is 2. The van der Waals surface area contributed by atoms with Gasteiger partial charge in [-0.3, -0.25) is 0 Å². The Kier molecular flexibility index (Phi) is 17.2. The van der Waals surface area contributed by atoms with E-state index in [4.69, 9.17) is 14.9 Å². The zero-order valence-electron chi connectivity index (χ0n) is 8.04. The average Bonchev–Trinajstić information content (AvgIpc) is 2.17. The molecule has 0 saturated carbocycles. The third kappa shape index (κ3) is 16.0. The molecular weight excluding hydrogens is 398 g/mol. The average molecular weight is 416 g/mol. The van der Waals surface area contributed by atoms with Gasteiger partial charge in [-0.2, -0.15) is 0 Å². The molecule has 2 atom stereocenters. The van der Waals surface area contributed by atoms with Gasteiger partial charge in [-0.05, 0) is 12.8 Å². The molecule has 0 aliphatic rings. The van der Waals surface area contributed by atoms with E-state index in [0.29, 0.717) is 8.22 Å². The molecule has 0 spiro atoms. The lowest BCUT2D eigenvalue weighted by atomic mass is 10.5. The highest BCUT2D eigenvalue weighted by Gasteiger charge is 2.05. The van der Waals surface area contributed by atoms with Gasteiger partial charge in [0, 0.05) is 0 Å². The van der Waals surface area contributed by atoms with Gasteiger partial charge in [-0.1, -0.05) is 59.0 Å². The van der Waals surface area contributed by atoms with E-state index in [9.17, 15) is 0 Å². The Balaban J connectivity index is 0. The number of hydrogen-bond acceptors (Lipinski definition) is 3. The molecular formula is C8H18I2O3. The van der Waals surface area contributed by atoms with Crippen LogP contribution in [-0.4, -0.2) is 31.6 Å². The highest BCUT2D eigenvalue weighted by Crippen LogP contribution is 2.16. The van der Waals surface area contributed by atoms with Crippen molar-refractivity contribution in [2.45, 2.75) is 34.9 Å². The summed E-state index contributed by atoms with van der Waals surface area (Å²) < 4.78 is 6.31. The van der Waals surface area contributed by atoms with Crippen LogP contribution in [0.1, 0.15) is 26.7 Å². The minimum Gasteiger partial charge on any atom is -0.394 e. The maximum absolute atomic E-state index is 7.62. The molecule has 0 rings (SSSR count). The molecule has 0 heterocycles. The Hall–Kier alpha value is 1.34. The van der Waals surface area contributed by atoms with E-state index in [-0.39, 0.29) is 13.2 Å². The summed E-state index contributed by atoms with van der Waals surface area (Å²) in [5.74, 6) is 0. The van der Waals surface area contributed by atoms with Gasteiger partial charge in [0.25, 0.3) is 0 Å². The van der Waals surface area contributed by atoms with Crippen LogP contribution in [0.2, 0.25) is 0 Å². The lowest BCUT2D eigenvalue weighted by Crippen LogP contribution is -2.09. The quantitative estimate of drug-likeness (QED) is 0.535. The van der Waals surface area contributed by atoms with Crippen LogP contribution in [-0.2, 0) is 4.74 Å². The van der Waals surface area contributed by atoms with Gasteiger partial charge in [0.1, 0.15) is 8.22 Å². The van der Waals surface area contributed by atoms with Crippen molar-refractivity contribution in [1.82, 2.24) is 0 Å². The zero-order chi connectivity index (χ0) is 10.7. The largest absolute Gasteiger partial charge is 0.394 e. The van der Waals surface area contributed by atoms with Crippen LogP contribution in [0.25, 0.3) is 0 Å². The molecule has 5 heteroatoms. The van der Waals surface area contributed by atoms with Crippen LogP contribution in [0.4, 0.5) is 0 Å². The second kappa shape index (κ2) is 13.3. The summed E-state index contributed by atoms with van der Waals surface area (Å²) in [4.78, 5) is 0. The van der Waals surface area contributed by atoms with Crippen LogP contribution >= 0.6 is 45.2 Å². The third-order valence-corrected chi connectivity index (χ3v) is 3.39. The first-order chi connectivity index (χ1) is 6.12. The summed E-state index contributed by atoms with van der Waals surface area (Å²) in [6, 6.07) is 0. The fourth-order valence-corrected chi connectivity index (χ4v) is 1.62. The van der Waals surface area contributed by atoms with Crippen LogP contribution < -0.4 is 0 Å². The van der Waals surface area contributed by atoms with E-state index in [2.05, 4.69) is 59.0 Å². The summed E-state index contributed by atoms with van der Waals surface area (Å²) >= 11 is 4.63. The fourth-order valence-electron chi connectivity index (χ4n) is 0.353. The second-order valence-electron chi connectivity index (χ2n) is 2.22. The normalized spacial score (nSPS) is 14.3. The molecule has 13 heavy (non-hydrogen) atoms. The Morgan fingerprint density at radius 2 is 1.31 bits per heavy atom. The Bertz CT molecular complexity index is 83.5. The standard InChI is InChI=1S/C6H12I2O.C2H6O2/c1-3-5(7)9-6(8)4-2;3-1-2-4/h5-6H,3-4H2,1-2H3;3-4H,1-2H2. The Morgan fingerprint density at radius 3 is 1.46 bits per heavy atom. The topological polar surface area (TPSA) is 49.7 Å². The van der Waals surface area contributed by atoms with Crippen molar-refractivity contribution in [1.29, 1.82) is 0 Å². The molecule has 0 bridgehead atoms. The van der Waals surface area contributed by atoms with Crippen molar-refractivity contribution in [3.63, 3.8) is 0 Å². The number of ether oxygens (including phenoxy) is 1. The highest BCUT2D eigenvalue weighted by atomic mass is 127. The highest BCUT2D eigenvalue weighted by molar-refractivity contribution is 14.1. The Morgan fingerprint density at radius 1 is 1.00 bits per heavy atom. The molecule has 0 aliphatic heterocycles. The van der Waals surface area contributed by atoms with E-state index < -0.39 is 0 Å². The summed E-state index contributed by atoms with van der Waals surface area (Å²) in [5, 5.41) is 15.2. The minimum absolute atomic E-state index is 0.125. The molecule has 0 aliphatic carbocycles. The predicted octanol–water partition coefficient (Wildman–Crippen LogP) is 2.32. The molecule has 2 unspecified atom stereocenters. The molecule has 0 fully saturated rings. The SMILES string of the molecule is CCC(I)OC(I)CC.OCCO. The fraction of sp³-hybridized carbons (Fsp3) is 1.00. The van der Waals surface area contributed by atoms with Crippen LogP contribution in [0.3, 0.4) is 0 Å².